The third kappa shape index (κ3) is 70.2. The zero-order valence-electron chi connectivity index (χ0n) is 62.1. The van der Waals surface area contributed by atoms with Gasteiger partial charge in [-0.3, -0.25) is 37.3 Å². The number of aliphatic hydroxyl groups is 1. The maximum absolute atomic E-state index is 13.1. The van der Waals surface area contributed by atoms with E-state index in [-0.39, 0.29) is 25.7 Å². The lowest BCUT2D eigenvalue weighted by Crippen LogP contribution is -2.30. The number of phosphoric acid groups is 2. The van der Waals surface area contributed by atoms with Crippen LogP contribution in [0.25, 0.3) is 0 Å². The lowest BCUT2D eigenvalue weighted by molar-refractivity contribution is -0.161. The first kappa shape index (κ1) is 93.8. The predicted molar refractivity (Wildman–Crippen MR) is 391 cm³/mol. The highest BCUT2D eigenvalue weighted by Crippen LogP contribution is 2.45. The van der Waals surface area contributed by atoms with E-state index in [0.717, 1.165) is 103 Å². The first-order chi connectivity index (χ1) is 46.7. The number of carbonyl (C=O) groups is 4. The van der Waals surface area contributed by atoms with Crippen molar-refractivity contribution in [2.75, 3.05) is 39.6 Å². The van der Waals surface area contributed by atoms with Crippen molar-refractivity contribution >= 4 is 39.5 Å². The molecule has 0 aliphatic heterocycles. The van der Waals surface area contributed by atoms with Crippen LogP contribution in [0.3, 0.4) is 0 Å². The maximum atomic E-state index is 13.1. The fraction of sp³-hybridized carbons (Fsp3) is 0.922. The number of hydrogen-bond donors (Lipinski definition) is 3. The third-order valence-corrected chi connectivity index (χ3v) is 19.7. The Morgan fingerprint density at radius 2 is 0.479 bits per heavy atom. The second-order valence-electron chi connectivity index (χ2n) is 27.4. The minimum absolute atomic E-state index is 0.0948. The van der Waals surface area contributed by atoms with E-state index < -0.39 is 97.5 Å². The first-order valence-electron chi connectivity index (χ1n) is 39.9. The monoisotopic (exact) mass is 1410 g/mol. The van der Waals surface area contributed by atoms with Gasteiger partial charge in [-0.15, -0.1) is 0 Å². The Labute approximate surface area is 587 Å². The molecule has 0 amide bonds. The summed E-state index contributed by atoms with van der Waals surface area (Å²) in [4.78, 5) is 72.9. The summed E-state index contributed by atoms with van der Waals surface area (Å²) in [5.74, 6) is -2.12. The highest BCUT2D eigenvalue weighted by atomic mass is 31.2. The fourth-order valence-electron chi connectivity index (χ4n) is 11.6. The summed E-state index contributed by atoms with van der Waals surface area (Å²) < 4.78 is 68.6. The number of allylic oxidation sites excluding steroid dienone is 2. The van der Waals surface area contributed by atoms with Crippen molar-refractivity contribution in [1.29, 1.82) is 0 Å². The third-order valence-electron chi connectivity index (χ3n) is 17.8. The summed E-state index contributed by atoms with van der Waals surface area (Å²) in [6.07, 6.45) is 63.3. The van der Waals surface area contributed by atoms with E-state index in [1.807, 2.05) is 0 Å². The van der Waals surface area contributed by atoms with Gasteiger partial charge in [-0.25, -0.2) is 9.13 Å². The van der Waals surface area contributed by atoms with E-state index in [2.05, 4.69) is 39.8 Å². The van der Waals surface area contributed by atoms with Crippen molar-refractivity contribution in [2.24, 2.45) is 0 Å². The molecule has 0 aliphatic carbocycles. The second-order valence-corrected chi connectivity index (χ2v) is 30.3. The van der Waals surface area contributed by atoms with Crippen LogP contribution in [-0.4, -0.2) is 96.7 Å². The van der Waals surface area contributed by atoms with Gasteiger partial charge in [0, 0.05) is 25.7 Å². The van der Waals surface area contributed by atoms with E-state index >= 15 is 0 Å². The highest BCUT2D eigenvalue weighted by Gasteiger charge is 2.30. The minimum atomic E-state index is -4.96. The summed E-state index contributed by atoms with van der Waals surface area (Å²) in [5, 5.41) is 10.6. The van der Waals surface area contributed by atoms with Gasteiger partial charge in [0.2, 0.25) is 0 Å². The molecule has 0 radical (unpaired) electrons. The van der Waals surface area contributed by atoms with Crippen molar-refractivity contribution < 1.29 is 80.2 Å². The molecule has 17 nitrogen and oxygen atoms in total. The summed E-state index contributed by atoms with van der Waals surface area (Å²) in [6.45, 7) is 4.97. The molecule has 5 unspecified atom stereocenters. The molecule has 0 bridgehead atoms. The molecule has 0 saturated heterocycles. The molecule has 0 heterocycles. The standard InChI is InChI=1S/C77H148O17P2/c1-5-9-13-17-21-25-29-33-35-39-41-45-49-53-57-61-74(79)87-67-72(93-76(81)63-59-55-51-47-43-37-31-27-23-19-15-11-7-3)69-91-95(83,84)89-65-71(78)66-90-96(85,86)92-70-73(94-77(82)64-60-56-52-48-44-38-32-28-24-20-16-12-8-4)68-88-75(80)62-58-54-50-46-42-40-36-34-30-26-22-18-14-10-6-2/h27,31,71-73,78H,5-26,28-30,32-70H2,1-4H3,(H,83,84)(H,85,86)/b31-27-. The van der Waals surface area contributed by atoms with E-state index in [1.54, 1.807) is 0 Å². The Balaban J connectivity index is 5.26. The number of carbonyl (C=O) groups excluding carboxylic acids is 4. The Kier molecular flexibility index (Phi) is 69.6. The van der Waals surface area contributed by atoms with E-state index in [0.29, 0.717) is 25.7 Å². The number of phosphoric ester groups is 2. The molecule has 0 fully saturated rings. The largest absolute Gasteiger partial charge is 0.472 e. The van der Waals surface area contributed by atoms with Crippen molar-refractivity contribution in [2.45, 2.75) is 418 Å². The van der Waals surface area contributed by atoms with Gasteiger partial charge in [0.15, 0.2) is 12.2 Å². The first-order valence-corrected chi connectivity index (χ1v) is 42.9. The molecule has 0 aliphatic rings. The highest BCUT2D eigenvalue weighted by molar-refractivity contribution is 7.47. The molecule has 19 heteroatoms. The van der Waals surface area contributed by atoms with Crippen LogP contribution >= 0.6 is 15.6 Å². The fourth-order valence-corrected chi connectivity index (χ4v) is 13.2. The number of rotatable bonds is 77. The molecule has 0 spiro atoms. The Bertz CT molecular complexity index is 1870. The average Bonchev–Trinajstić information content (AvgIpc) is 1.15. The van der Waals surface area contributed by atoms with Gasteiger partial charge < -0.3 is 33.8 Å². The van der Waals surface area contributed by atoms with Crippen molar-refractivity contribution in [3.63, 3.8) is 0 Å². The van der Waals surface area contributed by atoms with Gasteiger partial charge in [0.25, 0.3) is 0 Å². The van der Waals surface area contributed by atoms with E-state index in [4.69, 9.17) is 37.0 Å². The molecule has 0 aromatic carbocycles. The molecule has 0 aromatic rings. The van der Waals surface area contributed by atoms with E-state index in [9.17, 15) is 43.2 Å². The lowest BCUT2D eigenvalue weighted by atomic mass is 10.0. The molecule has 0 rings (SSSR count). The maximum Gasteiger partial charge on any atom is 0.472 e. The van der Waals surface area contributed by atoms with Crippen molar-refractivity contribution in [3.8, 4) is 0 Å². The Hall–Kier alpha value is -2.20. The smallest absolute Gasteiger partial charge is 0.462 e. The molecule has 3 N–H and O–H groups in total. The number of esters is 4. The van der Waals surface area contributed by atoms with Crippen LogP contribution in [0.4, 0.5) is 0 Å². The summed E-state index contributed by atoms with van der Waals surface area (Å²) >= 11 is 0. The number of ether oxygens (including phenoxy) is 4. The zero-order valence-corrected chi connectivity index (χ0v) is 63.9. The van der Waals surface area contributed by atoms with Gasteiger partial charge in [0.05, 0.1) is 26.4 Å². The Morgan fingerprint density at radius 3 is 0.729 bits per heavy atom. The lowest BCUT2D eigenvalue weighted by Gasteiger charge is -2.21. The predicted octanol–water partition coefficient (Wildman–Crippen LogP) is 22.8. The van der Waals surface area contributed by atoms with Gasteiger partial charge in [-0.1, -0.05) is 335 Å². The topological polar surface area (TPSA) is 237 Å². The van der Waals surface area contributed by atoms with Crippen LogP contribution in [0, 0.1) is 0 Å². The minimum Gasteiger partial charge on any atom is -0.462 e. The normalized spacial score (nSPS) is 13.9. The van der Waals surface area contributed by atoms with Gasteiger partial charge in [-0.05, 0) is 51.4 Å². The molecular weight excluding hydrogens is 1260 g/mol. The molecule has 96 heavy (non-hydrogen) atoms. The molecule has 568 valence electrons. The van der Waals surface area contributed by atoms with E-state index in [1.165, 1.54) is 218 Å². The van der Waals surface area contributed by atoms with Gasteiger partial charge >= 0.3 is 39.5 Å². The van der Waals surface area contributed by atoms with Crippen LogP contribution in [0.15, 0.2) is 12.2 Å². The summed E-state index contributed by atoms with van der Waals surface area (Å²) in [7, 11) is -9.92. The number of aliphatic hydroxyl groups excluding tert-OH is 1. The quantitative estimate of drug-likeness (QED) is 0.0169. The summed E-state index contributed by atoms with van der Waals surface area (Å²) in [5.41, 5.74) is 0. The van der Waals surface area contributed by atoms with Gasteiger partial charge in [-0.2, -0.15) is 0 Å². The molecule has 0 aromatic heterocycles. The zero-order chi connectivity index (χ0) is 70.4. The van der Waals surface area contributed by atoms with Crippen LogP contribution in [0.2, 0.25) is 0 Å². The number of hydrogen-bond acceptors (Lipinski definition) is 15. The van der Waals surface area contributed by atoms with Crippen molar-refractivity contribution in [3.05, 3.63) is 12.2 Å². The van der Waals surface area contributed by atoms with Crippen molar-refractivity contribution in [1.82, 2.24) is 0 Å². The SMILES string of the molecule is CCCCCC/C=C\CCCCCCCC(=O)OC(COC(=O)CCCCCCCCCCCCCCCCC)COP(=O)(O)OCC(O)COP(=O)(O)OCC(COC(=O)CCCCCCCCCCCCCCCCC)OC(=O)CCCCCCCCCCCCCCC. The molecular formula is C77H148O17P2. The van der Waals surface area contributed by atoms with Crippen LogP contribution in [0.1, 0.15) is 400 Å². The average molecular weight is 1410 g/mol. The summed E-state index contributed by atoms with van der Waals surface area (Å²) in [6, 6.07) is 0. The number of unbranched alkanes of at least 4 members (excludes halogenated alkanes) is 49. The van der Waals surface area contributed by atoms with Crippen LogP contribution < -0.4 is 0 Å². The molecule has 5 atom stereocenters. The van der Waals surface area contributed by atoms with Crippen LogP contribution in [-0.2, 0) is 65.4 Å². The van der Waals surface area contributed by atoms with Crippen LogP contribution in [0.5, 0.6) is 0 Å². The Morgan fingerprint density at radius 1 is 0.281 bits per heavy atom. The molecule has 0 saturated carbocycles. The second kappa shape index (κ2) is 71.2. The van der Waals surface area contributed by atoms with Gasteiger partial charge in [0.1, 0.15) is 19.3 Å².